The summed E-state index contributed by atoms with van der Waals surface area (Å²) < 4.78 is 25.8. The zero-order valence-corrected chi connectivity index (χ0v) is 8.31. The Labute approximate surface area is 86.5 Å². The van der Waals surface area contributed by atoms with E-state index in [1.807, 2.05) is 0 Å². The van der Waals surface area contributed by atoms with Gasteiger partial charge in [0.2, 0.25) is 5.91 Å². The molecule has 0 aliphatic carbocycles. The van der Waals surface area contributed by atoms with Crippen molar-refractivity contribution in [2.45, 2.75) is 6.42 Å². The van der Waals surface area contributed by atoms with E-state index in [4.69, 9.17) is 0 Å². The van der Waals surface area contributed by atoms with Crippen LogP contribution in [0.3, 0.4) is 0 Å². The van der Waals surface area contributed by atoms with Gasteiger partial charge in [0.1, 0.15) is 11.6 Å². The molecule has 0 unspecified atom stereocenters. The van der Waals surface area contributed by atoms with Gasteiger partial charge < -0.3 is 10.6 Å². The average molecular weight is 214 g/mol. The van der Waals surface area contributed by atoms with Crippen LogP contribution in [0.1, 0.15) is 6.42 Å². The summed E-state index contributed by atoms with van der Waals surface area (Å²) in [6.07, 6.45) is 0.215. The molecule has 2 N–H and O–H groups in total. The van der Waals surface area contributed by atoms with Crippen molar-refractivity contribution in [2.24, 2.45) is 0 Å². The Bertz CT molecular complexity index is 355. The van der Waals surface area contributed by atoms with Gasteiger partial charge in [0.15, 0.2) is 0 Å². The van der Waals surface area contributed by atoms with E-state index in [9.17, 15) is 13.6 Å². The number of anilines is 1. The molecule has 0 aliphatic rings. The number of hydrogen-bond acceptors (Lipinski definition) is 2. The van der Waals surface area contributed by atoms with E-state index in [1.165, 1.54) is 7.05 Å². The zero-order chi connectivity index (χ0) is 11.3. The highest BCUT2D eigenvalue weighted by Gasteiger charge is 2.03. The van der Waals surface area contributed by atoms with Gasteiger partial charge in [-0.2, -0.15) is 0 Å². The van der Waals surface area contributed by atoms with E-state index in [2.05, 4.69) is 10.6 Å². The third-order valence-electron chi connectivity index (χ3n) is 1.87. The first-order valence-electron chi connectivity index (χ1n) is 4.53. The summed E-state index contributed by atoms with van der Waals surface area (Å²) in [5, 5.41) is 5.07. The van der Waals surface area contributed by atoms with Gasteiger partial charge in [-0.1, -0.05) is 0 Å². The number of halogens is 2. The second kappa shape index (κ2) is 5.29. The molecule has 0 aromatic heterocycles. The Balaban J connectivity index is 2.50. The van der Waals surface area contributed by atoms with Crippen LogP contribution in [0.4, 0.5) is 14.5 Å². The van der Waals surface area contributed by atoms with Gasteiger partial charge in [0.25, 0.3) is 0 Å². The number of carbonyl (C=O) groups excluding carboxylic acids is 1. The van der Waals surface area contributed by atoms with Crippen LogP contribution in [0.2, 0.25) is 0 Å². The molecule has 82 valence electrons. The summed E-state index contributed by atoms with van der Waals surface area (Å²) in [7, 11) is 1.52. The molecule has 1 amide bonds. The Morgan fingerprint density at radius 3 is 2.80 bits per heavy atom. The lowest BCUT2D eigenvalue weighted by Gasteiger charge is -2.06. The highest BCUT2D eigenvalue weighted by atomic mass is 19.1. The smallest absolute Gasteiger partial charge is 0.221 e. The summed E-state index contributed by atoms with van der Waals surface area (Å²) in [4.78, 5) is 10.8. The molecule has 1 aromatic rings. The summed E-state index contributed by atoms with van der Waals surface area (Å²) in [6.45, 7) is 0.264. The van der Waals surface area contributed by atoms with E-state index in [0.717, 1.165) is 18.2 Å². The van der Waals surface area contributed by atoms with Crippen molar-refractivity contribution < 1.29 is 13.6 Å². The minimum Gasteiger partial charge on any atom is -0.382 e. The summed E-state index contributed by atoms with van der Waals surface area (Å²) in [6, 6.07) is 3.13. The average Bonchev–Trinajstić information content (AvgIpc) is 2.23. The quantitative estimate of drug-likeness (QED) is 0.797. The van der Waals surface area contributed by atoms with Crippen molar-refractivity contribution in [1.82, 2.24) is 5.32 Å². The maximum Gasteiger partial charge on any atom is 0.221 e. The van der Waals surface area contributed by atoms with Crippen LogP contribution in [0, 0.1) is 11.6 Å². The standard InChI is InChI=1S/C10H12F2N2O/c1-13-10(15)4-5-14-9-6-7(11)2-3-8(9)12/h2-3,6,14H,4-5H2,1H3,(H,13,15). The minimum absolute atomic E-state index is 0.0684. The maximum absolute atomic E-state index is 13.0. The van der Waals surface area contributed by atoms with E-state index < -0.39 is 11.6 Å². The Morgan fingerprint density at radius 1 is 1.40 bits per heavy atom. The predicted octanol–water partition coefficient (Wildman–Crippen LogP) is 1.51. The van der Waals surface area contributed by atoms with Gasteiger partial charge in [-0.25, -0.2) is 8.78 Å². The van der Waals surface area contributed by atoms with Gasteiger partial charge in [-0.05, 0) is 18.2 Å². The molecular formula is C10H12F2N2O. The summed E-state index contributed by atoms with van der Waals surface area (Å²) >= 11 is 0. The second-order valence-electron chi connectivity index (χ2n) is 2.97. The lowest BCUT2D eigenvalue weighted by molar-refractivity contribution is -0.120. The molecule has 5 heteroatoms. The Hall–Kier alpha value is -1.65. The molecule has 15 heavy (non-hydrogen) atoms. The number of nitrogens with one attached hydrogen (secondary N) is 2. The first-order valence-corrected chi connectivity index (χ1v) is 4.53. The third-order valence-corrected chi connectivity index (χ3v) is 1.87. The van der Waals surface area contributed by atoms with Gasteiger partial charge >= 0.3 is 0 Å². The lowest BCUT2D eigenvalue weighted by atomic mass is 10.3. The predicted molar refractivity (Wildman–Crippen MR) is 53.5 cm³/mol. The van der Waals surface area contributed by atoms with Crippen molar-refractivity contribution >= 4 is 11.6 Å². The fourth-order valence-corrected chi connectivity index (χ4v) is 1.07. The molecule has 0 spiro atoms. The number of benzene rings is 1. The first kappa shape index (κ1) is 11.4. The molecule has 1 aromatic carbocycles. The normalized spacial score (nSPS) is 9.80. The molecule has 0 fully saturated rings. The Morgan fingerprint density at radius 2 is 2.13 bits per heavy atom. The second-order valence-corrected chi connectivity index (χ2v) is 2.97. The number of carbonyl (C=O) groups is 1. The monoisotopic (exact) mass is 214 g/mol. The summed E-state index contributed by atoms with van der Waals surface area (Å²) in [5.41, 5.74) is 0.0684. The highest BCUT2D eigenvalue weighted by Crippen LogP contribution is 2.14. The van der Waals surface area contributed by atoms with E-state index in [0.29, 0.717) is 0 Å². The van der Waals surface area contributed by atoms with Crippen LogP contribution in [0.5, 0.6) is 0 Å². The van der Waals surface area contributed by atoms with Crippen molar-refractivity contribution in [3.05, 3.63) is 29.8 Å². The Kier molecular flexibility index (Phi) is 4.03. The fraction of sp³-hybridized carbons (Fsp3) is 0.300. The molecule has 0 bridgehead atoms. The van der Waals surface area contributed by atoms with Crippen LogP contribution < -0.4 is 10.6 Å². The van der Waals surface area contributed by atoms with Gasteiger partial charge in [0.05, 0.1) is 5.69 Å². The zero-order valence-electron chi connectivity index (χ0n) is 8.31. The maximum atomic E-state index is 13.0. The first-order chi connectivity index (χ1) is 7.13. The molecule has 0 aliphatic heterocycles. The molecule has 0 saturated carbocycles. The van der Waals surface area contributed by atoms with Crippen LogP contribution in [0.25, 0.3) is 0 Å². The molecule has 0 saturated heterocycles. The van der Waals surface area contributed by atoms with Gasteiger partial charge in [-0.3, -0.25) is 4.79 Å². The molecular weight excluding hydrogens is 202 g/mol. The number of hydrogen-bond donors (Lipinski definition) is 2. The SMILES string of the molecule is CNC(=O)CCNc1cc(F)ccc1F. The fourth-order valence-electron chi connectivity index (χ4n) is 1.07. The van der Waals surface area contributed by atoms with Crippen molar-refractivity contribution in [3.63, 3.8) is 0 Å². The third kappa shape index (κ3) is 3.53. The molecule has 0 atom stereocenters. The number of rotatable bonds is 4. The van der Waals surface area contributed by atoms with Gasteiger partial charge in [-0.15, -0.1) is 0 Å². The minimum atomic E-state index is -0.534. The summed E-state index contributed by atoms with van der Waals surface area (Å²) in [5.74, 6) is -1.20. The molecule has 0 radical (unpaired) electrons. The number of amides is 1. The highest BCUT2D eigenvalue weighted by molar-refractivity contribution is 5.76. The van der Waals surface area contributed by atoms with Crippen LogP contribution >= 0.6 is 0 Å². The lowest BCUT2D eigenvalue weighted by Crippen LogP contribution is -2.21. The topological polar surface area (TPSA) is 41.1 Å². The van der Waals surface area contributed by atoms with E-state index in [1.54, 1.807) is 0 Å². The van der Waals surface area contributed by atoms with E-state index >= 15 is 0 Å². The molecule has 3 nitrogen and oxygen atoms in total. The largest absolute Gasteiger partial charge is 0.382 e. The van der Waals surface area contributed by atoms with Crippen LogP contribution in [0.15, 0.2) is 18.2 Å². The van der Waals surface area contributed by atoms with Crippen molar-refractivity contribution in [1.29, 1.82) is 0 Å². The molecule has 1 rings (SSSR count). The van der Waals surface area contributed by atoms with E-state index in [-0.39, 0.29) is 24.6 Å². The van der Waals surface area contributed by atoms with Crippen LogP contribution in [-0.2, 0) is 4.79 Å². The van der Waals surface area contributed by atoms with Gasteiger partial charge in [0, 0.05) is 20.0 Å². The van der Waals surface area contributed by atoms with Crippen LogP contribution in [-0.4, -0.2) is 19.5 Å². The van der Waals surface area contributed by atoms with Crippen molar-refractivity contribution in [3.8, 4) is 0 Å². The molecule has 0 heterocycles. The van der Waals surface area contributed by atoms with Crippen molar-refractivity contribution in [2.75, 3.05) is 18.9 Å².